The van der Waals surface area contributed by atoms with Crippen molar-refractivity contribution in [3.63, 3.8) is 0 Å². The number of pyridine rings is 1. The molecule has 4 heteroatoms. The molecule has 0 amide bonds. The molecule has 118 valence electrons. The lowest BCUT2D eigenvalue weighted by Crippen LogP contribution is -2.13. The average Bonchev–Trinajstić information content (AvgIpc) is 3.07. The summed E-state index contributed by atoms with van der Waals surface area (Å²) in [5.41, 5.74) is 5.17. The van der Waals surface area contributed by atoms with E-state index in [0.717, 1.165) is 35.3 Å². The van der Waals surface area contributed by atoms with Crippen LogP contribution in [0.5, 0.6) is 0 Å². The summed E-state index contributed by atoms with van der Waals surface area (Å²) in [5.74, 6) is 0. The first-order chi connectivity index (χ1) is 11.9. The molecule has 0 atom stereocenters. The molecule has 2 aromatic heterocycles. The fraction of sp³-hybridized carbons (Fsp3) is 0.100. The summed E-state index contributed by atoms with van der Waals surface area (Å²) >= 11 is 0. The minimum atomic E-state index is 0.756. The van der Waals surface area contributed by atoms with Crippen LogP contribution in [0.25, 0.3) is 22.2 Å². The van der Waals surface area contributed by atoms with Crippen LogP contribution in [0.1, 0.15) is 11.1 Å². The predicted octanol–water partition coefficient (Wildman–Crippen LogP) is 4.18. The fourth-order valence-corrected chi connectivity index (χ4v) is 2.83. The fourth-order valence-electron chi connectivity index (χ4n) is 2.83. The topological polar surface area (TPSA) is 51.0 Å². The van der Waals surface area contributed by atoms with Gasteiger partial charge in [0.15, 0.2) is 5.58 Å². The van der Waals surface area contributed by atoms with Crippen LogP contribution in [0.2, 0.25) is 0 Å². The molecule has 0 radical (unpaired) electrons. The van der Waals surface area contributed by atoms with Crippen molar-refractivity contribution in [2.45, 2.75) is 13.1 Å². The molecule has 0 saturated carbocycles. The minimum Gasteiger partial charge on any atom is -0.356 e. The molecular weight excluding hydrogens is 298 g/mol. The van der Waals surface area contributed by atoms with Crippen molar-refractivity contribution in [1.82, 2.24) is 15.5 Å². The van der Waals surface area contributed by atoms with Crippen LogP contribution in [0.4, 0.5) is 0 Å². The molecule has 0 spiro atoms. The average molecular weight is 315 g/mol. The van der Waals surface area contributed by atoms with Crippen LogP contribution in [-0.4, -0.2) is 10.1 Å². The van der Waals surface area contributed by atoms with Gasteiger partial charge in [0.05, 0.1) is 0 Å². The largest absolute Gasteiger partial charge is 0.356 e. The highest BCUT2D eigenvalue weighted by Crippen LogP contribution is 2.30. The molecule has 0 aliphatic carbocycles. The van der Waals surface area contributed by atoms with Gasteiger partial charge in [-0.05, 0) is 29.3 Å². The molecule has 0 aliphatic heterocycles. The zero-order valence-corrected chi connectivity index (χ0v) is 13.1. The molecule has 2 aromatic carbocycles. The van der Waals surface area contributed by atoms with Crippen molar-refractivity contribution in [3.8, 4) is 11.3 Å². The van der Waals surface area contributed by atoms with Crippen molar-refractivity contribution < 1.29 is 4.52 Å². The van der Waals surface area contributed by atoms with Gasteiger partial charge >= 0.3 is 0 Å². The number of aromatic nitrogens is 2. The van der Waals surface area contributed by atoms with Gasteiger partial charge in [0, 0.05) is 36.4 Å². The lowest BCUT2D eigenvalue weighted by molar-refractivity contribution is 0.459. The van der Waals surface area contributed by atoms with Crippen LogP contribution >= 0.6 is 0 Å². The first-order valence-corrected chi connectivity index (χ1v) is 7.94. The molecule has 4 aromatic rings. The summed E-state index contributed by atoms with van der Waals surface area (Å²) in [5, 5.41) is 8.79. The second-order valence-electron chi connectivity index (χ2n) is 5.65. The van der Waals surface area contributed by atoms with Gasteiger partial charge in [-0.1, -0.05) is 47.6 Å². The lowest BCUT2D eigenvalue weighted by atomic mass is 10.0. The Hall–Kier alpha value is -2.98. The van der Waals surface area contributed by atoms with Gasteiger partial charge in [0.25, 0.3) is 0 Å². The Morgan fingerprint density at radius 2 is 1.75 bits per heavy atom. The van der Waals surface area contributed by atoms with E-state index in [-0.39, 0.29) is 0 Å². The van der Waals surface area contributed by atoms with E-state index >= 15 is 0 Å². The van der Waals surface area contributed by atoms with Crippen LogP contribution in [-0.2, 0) is 13.1 Å². The van der Waals surface area contributed by atoms with Crippen molar-refractivity contribution >= 4 is 11.0 Å². The summed E-state index contributed by atoms with van der Waals surface area (Å²) in [7, 11) is 0. The van der Waals surface area contributed by atoms with Crippen molar-refractivity contribution in [2.75, 3.05) is 0 Å². The Morgan fingerprint density at radius 1 is 0.875 bits per heavy atom. The molecule has 2 heterocycles. The van der Waals surface area contributed by atoms with Gasteiger partial charge in [-0.15, -0.1) is 0 Å². The minimum absolute atomic E-state index is 0.756. The maximum atomic E-state index is 5.45. The van der Waals surface area contributed by atoms with E-state index < -0.39 is 0 Å². The molecule has 1 N–H and O–H groups in total. The van der Waals surface area contributed by atoms with E-state index in [1.165, 1.54) is 11.1 Å². The number of hydrogen-bond donors (Lipinski definition) is 1. The maximum absolute atomic E-state index is 5.45. The Morgan fingerprint density at radius 3 is 2.67 bits per heavy atom. The van der Waals surface area contributed by atoms with E-state index in [4.69, 9.17) is 4.52 Å². The molecule has 0 saturated heterocycles. The smallest absolute Gasteiger partial charge is 0.167 e. The third-order valence-corrected chi connectivity index (χ3v) is 4.02. The molecule has 0 unspecified atom stereocenters. The molecule has 4 nitrogen and oxygen atoms in total. The maximum Gasteiger partial charge on any atom is 0.167 e. The summed E-state index contributed by atoms with van der Waals surface area (Å²) in [6.07, 6.45) is 3.67. The summed E-state index contributed by atoms with van der Waals surface area (Å²) in [6, 6.07) is 20.3. The molecule has 0 fully saturated rings. The second-order valence-corrected chi connectivity index (χ2v) is 5.65. The second kappa shape index (κ2) is 6.64. The Labute approximate surface area is 140 Å². The summed E-state index contributed by atoms with van der Waals surface area (Å²) < 4.78 is 5.45. The quantitative estimate of drug-likeness (QED) is 0.600. The monoisotopic (exact) mass is 315 g/mol. The van der Waals surface area contributed by atoms with Crippen LogP contribution in [0.3, 0.4) is 0 Å². The zero-order chi connectivity index (χ0) is 16.2. The van der Waals surface area contributed by atoms with Gasteiger partial charge in [-0.3, -0.25) is 4.98 Å². The number of hydrogen-bond acceptors (Lipinski definition) is 4. The van der Waals surface area contributed by atoms with Gasteiger partial charge in [-0.25, -0.2) is 0 Å². The predicted molar refractivity (Wildman–Crippen MR) is 94.2 cm³/mol. The molecule has 0 bridgehead atoms. The number of fused-ring (bicyclic) bond motifs is 1. The summed E-state index contributed by atoms with van der Waals surface area (Å²) in [6.45, 7) is 1.54. The highest BCUT2D eigenvalue weighted by atomic mass is 16.5. The zero-order valence-electron chi connectivity index (χ0n) is 13.1. The van der Waals surface area contributed by atoms with E-state index in [1.54, 1.807) is 6.20 Å². The highest BCUT2D eigenvalue weighted by molar-refractivity contribution is 5.92. The molecular formula is C20H17N3O. The van der Waals surface area contributed by atoms with E-state index in [9.17, 15) is 0 Å². The van der Waals surface area contributed by atoms with Crippen LogP contribution in [0, 0.1) is 0 Å². The number of para-hydroxylation sites is 1. The molecule has 4 rings (SSSR count). The number of rotatable bonds is 5. The van der Waals surface area contributed by atoms with Crippen molar-refractivity contribution in [1.29, 1.82) is 0 Å². The molecule has 24 heavy (non-hydrogen) atoms. The Balaban J connectivity index is 1.59. The van der Waals surface area contributed by atoms with Crippen molar-refractivity contribution in [2.24, 2.45) is 0 Å². The SMILES string of the molecule is c1cncc(CNCc2ccccc2-c2noc3ccccc23)c1. The highest BCUT2D eigenvalue weighted by Gasteiger charge is 2.12. The van der Waals surface area contributed by atoms with Gasteiger partial charge in [0.1, 0.15) is 5.69 Å². The van der Waals surface area contributed by atoms with Gasteiger partial charge in [-0.2, -0.15) is 0 Å². The van der Waals surface area contributed by atoms with Gasteiger partial charge in [0.2, 0.25) is 0 Å². The Bertz CT molecular complexity index is 947. The number of nitrogens with zero attached hydrogens (tertiary/aromatic N) is 2. The number of benzene rings is 2. The summed E-state index contributed by atoms with van der Waals surface area (Å²) in [4.78, 5) is 4.14. The van der Waals surface area contributed by atoms with E-state index in [1.807, 2.05) is 48.7 Å². The van der Waals surface area contributed by atoms with Crippen LogP contribution < -0.4 is 5.32 Å². The number of nitrogens with one attached hydrogen (secondary N) is 1. The first-order valence-electron chi connectivity index (χ1n) is 7.94. The molecule has 0 aliphatic rings. The van der Waals surface area contributed by atoms with Crippen LogP contribution in [0.15, 0.2) is 77.6 Å². The normalized spacial score (nSPS) is 11.0. The third-order valence-electron chi connectivity index (χ3n) is 4.02. The third kappa shape index (κ3) is 2.92. The standard InChI is InChI=1S/C20H17N3O/c1-2-8-17(20-18-9-3-4-10-19(18)24-23-20)16(7-1)14-22-13-15-6-5-11-21-12-15/h1-12,22H,13-14H2. The lowest BCUT2D eigenvalue weighted by Gasteiger charge is -2.09. The van der Waals surface area contributed by atoms with Crippen molar-refractivity contribution in [3.05, 3.63) is 84.2 Å². The first kappa shape index (κ1) is 14.6. The van der Waals surface area contributed by atoms with E-state index in [0.29, 0.717) is 0 Å². The van der Waals surface area contributed by atoms with E-state index in [2.05, 4.69) is 33.7 Å². The van der Waals surface area contributed by atoms with Gasteiger partial charge < -0.3 is 9.84 Å². The Kier molecular flexibility index (Phi) is 4.04.